The van der Waals surface area contributed by atoms with E-state index in [1.807, 2.05) is 12.1 Å². The van der Waals surface area contributed by atoms with Crippen LogP contribution in [0, 0.1) is 0 Å². The predicted molar refractivity (Wildman–Crippen MR) is 75.5 cm³/mol. The average Bonchev–Trinajstić information content (AvgIpc) is 2.48. The number of hydrogen-bond acceptors (Lipinski definition) is 3. The molecule has 4 nitrogen and oxygen atoms in total. The number of ketones is 1. The Bertz CT molecular complexity index is 491. The van der Waals surface area contributed by atoms with Gasteiger partial charge in [0.2, 0.25) is 5.91 Å². The third-order valence-corrected chi connectivity index (χ3v) is 3.38. The second-order valence-corrected chi connectivity index (χ2v) is 5.64. The zero-order chi connectivity index (χ0) is 14.0. The Morgan fingerprint density at radius 1 is 1.26 bits per heavy atom. The van der Waals surface area contributed by atoms with Gasteiger partial charge in [0, 0.05) is 36.3 Å². The Kier molecular flexibility index (Phi) is 3.71. The van der Waals surface area contributed by atoms with E-state index in [0.29, 0.717) is 25.1 Å². The fourth-order valence-electron chi connectivity index (χ4n) is 2.29. The van der Waals surface area contributed by atoms with Crippen molar-refractivity contribution >= 4 is 17.4 Å². The van der Waals surface area contributed by atoms with Crippen LogP contribution in [-0.2, 0) is 4.79 Å². The SMILES string of the molecule is CC(=O)c1ccc(N2CC(C)(C)NCCC2=O)cc1. The summed E-state index contributed by atoms with van der Waals surface area (Å²) in [5, 5.41) is 3.36. The molecule has 1 aromatic rings. The zero-order valence-corrected chi connectivity index (χ0v) is 11.7. The maximum atomic E-state index is 12.1. The van der Waals surface area contributed by atoms with E-state index in [1.165, 1.54) is 0 Å². The molecular weight excluding hydrogens is 240 g/mol. The van der Waals surface area contributed by atoms with Gasteiger partial charge < -0.3 is 10.2 Å². The maximum absolute atomic E-state index is 12.1. The van der Waals surface area contributed by atoms with Crippen molar-refractivity contribution < 1.29 is 9.59 Å². The number of rotatable bonds is 2. The van der Waals surface area contributed by atoms with E-state index in [0.717, 1.165) is 5.69 Å². The molecule has 0 saturated carbocycles. The first-order valence-electron chi connectivity index (χ1n) is 6.55. The molecule has 1 aromatic carbocycles. The number of anilines is 1. The minimum atomic E-state index is -0.106. The second-order valence-electron chi connectivity index (χ2n) is 5.64. The third kappa shape index (κ3) is 3.20. The number of amides is 1. The molecule has 0 spiro atoms. The Balaban J connectivity index is 2.27. The van der Waals surface area contributed by atoms with Gasteiger partial charge in [0.15, 0.2) is 5.78 Å². The summed E-state index contributed by atoms with van der Waals surface area (Å²) >= 11 is 0. The number of benzene rings is 1. The summed E-state index contributed by atoms with van der Waals surface area (Å²) in [7, 11) is 0. The van der Waals surface area contributed by atoms with E-state index in [4.69, 9.17) is 0 Å². The van der Waals surface area contributed by atoms with Crippen molar-refractivity contribution in [2.75, 3.05) is 18.0 Å². The van der Waals surface area contributed by atoms with E-state index < -0.39 is 0 Å². The fourth-order valence-corrected chi connectivity index (χ4v) is 2.29. The molecule has 102 valence electrons. The van der Waals surface area contributed by atoms with Crippen LogP contribution in [0.25, 0.3) is 0 Å². The number of hydrogen-bond donors (Lipinski definition) is 1. The summed E-state index contributed by atoms with van der Waals surface area (Å²) in [5.41, 5.74) is 1.42. The molecule has 1 N–H and O–H groups in total. The molecule has 1 amide bonds. The van der Waals surface area contributed by atoms with E-state index in [1.54, 1.807) is 24.0 Å². The van der Waals surface area contributed by atoms with Crippen LogP contribution in [-0.4, -0.2) is 30.3 Å². The number of Topliss-reactive ketones (excluding diaryl/α,β-unsaturated/α-hetero) is 1. The normalized spacial score (nSPS) is 19.1. The number of carbonyl (C=O) groups excluding carboxylic acids is 2. The summed E-state index contributed by atoms with van der Waals surface area (Å²) in [6.07, 6.45) is 0.498. The summed E-state index contributed by atoms with van der Waals surface area (Å²) < 4.78 is 0. The minimum absolute atomic E-state index is 0.0377. The molecule has 0 aromatic heterocycles. The van der Waals surface area contributed by atoms with E-state index in [-0.39, 0.29) is 17.2 Å². The van der Waals surface area contributed by atoms with Crippen molar-refractivity contribution in [3.63, 3.8) is 0 Å². The maximum Gasteiger partial charge on any atom is 0.228 e. The predicted octanol–water partition coefficient (Wildman–Crippen LogP) is 1.99. The van der Waals surface area contributed by atoms with E-state index in [2.05, 4.69) is 19.2 Å². The number of carbonyl (C=O) groups is 2. The Morgan fingerprint density at radius 2 is 1.89 bits per heavy atom. The molecule has 19 heavy (non-hydrogen) atoms. The summed E-state index contributed by atoms with van der Waals surface area (Å²) in [5.74, 6) is 0.157. The van der Waals surface area contributed by atoms with Crippen LogP contribution in [0.5, 0.6) is 0 Å². The fraction of sp³-hybridized carbons (Fsp3) is 0.467. The van der Waals surface area contributed by atoms with Gasteiger partial charge in [0.25, 0.3) is 0 Å². The van der Waals surface area contributed by atoms with Crippen LogP contribution in [0.15, 0.2) is 24.3 Å². The van der Waals surface area contributed by atoms with Gasteiger partial charge in [-0.25, -0.2) is 0 Å². The third-order valence-electron chi connectivity index (χ3n) is 3.38. The molecule has 0 bridgehead atoms. The quantitative estimate of drug-likeness (QED) is 0.827. The molecule has 1 aliphatic rings. The summed E-state index contributed by atoms with van der Waals surface area (Å²) in [6.45, 7) is 7.04. The van der Waals surface area contributed by atoms with Crippen molar-refractivity contribution in [1.82, 2.24) is 5.32 Å². The highest BCUT2D eigenvalue weighted by Gasteiger charge is 2.28. The first-order valence-corrected chi connectivity index (χ1v) is 6.55. The first kappa shape index (κ1) is 13.7. The van der Waals surface area contributed by atoms with Crippen molar-refractivity contribution in [1.29, 1.82) is 0 Å². The standard InChI is InChI=1S/C15H20N2O2/c1-11(18)12-4-6-13(7-5-12)17-10-15(2,3)16-9-8-14(17)19/h4-7,16H,8-10H2,1-3H3. The molecule has 0 aliphatic carbocycles. The molecule has 4 heteroatoms. The van der Waals surface area contributed by atoms with Gasteiger partial charge in [-0.05, 0) is 45.0 Å². The summed E-state index contributed by atoms with van der Waals surface area (Å²) in [4.78, 5) is 25.2. The van der Waals surface area contributed by atoms with E-state index in [9.17, 15) is 9.59 Å². The van der Waals surface area contributed by atoms with Gasteiger partial charge in [-0.15, -0.1) is 0 Å². The topological polar surface area (TPSA) is 49.4 Å². The molecule has 1 heterocycles. The Labute approximate surface area is 113 Å². The molecular formula is C15H20N2O2. The van der Waals surface area contributed by atoms with Crippen LogP contribution >= 0.6 is 0 Å². The van der Waals surface area contributed by atoms with Gasteiger partial charge in [-0.1, -0.05) is 0 Å². The lowest BCUT2D eigenvalue weighted by atomic mass is 10.0. The van der Waals surface area contributed by atoms with Crippen molar-refractivity contribution in [3.8, 4) is 0 Å². The van der Waals surface area contributed by atoms with Crippen LogP contribution in [0.1, 0.15) is 37.6 Å². The van der Waals surface area contributed by atoms with Gasteiger partial charge >= 0.3 is 0 Å². The van der Waals surface area contributed by atoms with Crippen LogP contribution in [0.3, 0.4) is 0 Å². The Hall–Kier alpha value is -1.68. The highest BCUT2D eigenvalue weighted by molar-refractivity contribution is 5.96. The smallest absolute Gasteiger partial charge is 0.228 e. The molecule has 1 aliphatic heterocycles. The van der Waals surface area contributed by atoms with Crippen LogP contribution in [0.2, 0.25) is 0 Å². The first-order chi connectivity index (χ1) is 8.89. The lowest BCUT2D eigenvalue weighted by Gasteiger charge is -2.30. The molecule has 1 fully saturated rings. The second kappa shape index (κ2) is 5.13. The lowest BCUT2D eigenvalue weighted by molar-refractivity contribution is -0.118. The highest BCUT2D eigenvalue weighted by Crippen LogP contribution is 2.21. The monoisotopic (exact) mass is 260 g/mol. The van der Waals surface area contributed by atoms with Crippen molar-refractivity contribution in [2.24, 2.45) is 0 Å². The lowest BCUT2D eigenvalue weighted by Crippen LogP contribution is -2.47. The summed E-state index contributed by atoms with van der Waals surface area (Å²) in [6, 6.07) is 7.23. The largest absolute Gasteiger partial charge is 0.311 e. The molecule has 0 unspecified atom stereocenters. The van der Waals surface area contributed by atoms with Crippen LogP contribution in [0.4, 0.5) is 5.69 Å². The van der Waals surface area contributed by atoms with Gasteiger partial charge in [0.05, 0.1) is 0 Å². The molecule has 2 rings (SSSR count). The zero-order valence-electron chi connectivity index (χ0n) is 11.7. The highest BCUT2D eigenvalue weighted by atomic mass is 16.2. The number of nitrogens with zero attached hydrogens (tertiary/aromatic N) is 1. The van der Waals surface area contributed by atoms with Crippen LogP contribution < -0.4 is 10.2 Å². The van der Waals surface area contributed by atoms with E-state index >= 15 is 0 Å². The van der Waals surface area contributed by atoms with Gasteiger partial charge in [-0.2, -0.15) is 0 Å². The van der Waals surface area contributed by atoms with Crippen molar-refractivity contribution in [2.45, 2.75) is 32.7 Å². The van der Waals surface area contributed by atoms with Gasteiger partial charge in [-0.3, -0.25) is 9.59 Å². The van der Waals surface area contributed by atoms with Crippen molar-refractivity contribution in [3.05, 3.63) is 29.8 Å². The Morgan fingerprint density at radius 3 is 2.47 bits per heavy atom. The molecule has 0 radical (unpaired) electrons. The average molecular weight is 260 g/mol. The minimum Gasteiger partial charge on any atom is -0.311 e. The molecule has 1 saturated heterocycles. The van der Waals surface area contributed by atoms with Gasteiger partial charge in [0.1, 0.15) is 0 Å². The number of nitrogens with one attached hydrogen (secondary N) is 1. The molecule has 0 atom stereocenters.